The topological polar surface area (TPSA) is 9.23 Å². The van der Waals surface area contributed by atoms with Crippen molar-refractivity contribution in [2.24, 2.45) is 0 Å². The van der Waals surface area contributed by atoms with Crippen molar-refractivity contribution in [2.45, 2.75) is 6.42 Å². The molecule has 1 rings (SSSR count). The molecule has 0 bridgehead atoms. The van der Waals surface area contributed by atoms with E-state index in [0.717, 1.165) is 17.3 Å². The maximum absolute atomic E-state index is 5.91. The van der Waals surface area contributed by atoms with Crippen LogP contribution >= 0.6 is 39.1 Å². The molecule has 0 aliphatic heterocycles. The predicted octanol–water partition coefficient (Wildman–Crippen LogP) is 3.94. The summed E-state index contributed by atoms with van der Waals surface area (Å²) in [5.41, 5.74) is 1.11. The molecule has 72 valence electrons. The minimum Gasteiger partial charge on any atom is -0.495 e. The summed E-state index contributed by atoms with van der Waals surface area (Å²) in [6.45, 7) is 0. The van der Waals surface area contributed by atoms with Crippen molar-refractivity contribution >= 4 is 39.1 Å². The van der Waals surface area contributed by atoms with Crippen LogP contribution in [0.5, 0.6) is 5.75 Å². The third kappa shape index (κ3) is 2.76. The molecule has 13 heavy (non-hydrogen) atoms. The van der Waals surface area contributed by atoms with Gasteiger partial charge in [0.25, 0.3) is 0 Å². The second-order valence-corrected chi connectivity index (χ2v) is 4.11. The average molecular weight is 284 g/mol. The quantitative estimate of drug-likeness (QED) is 0.764. The first-order valence-electron chi connectivity index (χ1n) is 3.77. The van der Waals surface area contributed by atoms with E-state index in [2.05, 4.69) is 15.9 Å². The van der Waals surface area contributed by atoms with E-state index in [-0.39, 0.29) is 0 Å². The van der Waals surface area contributed by atoms with Crippen LogP contribution in [0.1, 0.15) is 5.56 Å². The summed E-state index contributed by atoms with van der Waals surface area (Å²) in [5.74, 6) is 0.630. The van der Waals surface area contributed by atoms with E-state index in [4.69, 9.17) is 27.9 Å². The van der Waals surface area contributed by atoms with Crippen LogP contribution < -0.4 is 4.74 Å². The summed E-state index contributed by atoms with van der Waals surface area (Å²) in [5, 5.41) is 1.91. The molecule has 0 fully saturated rings. The zero-order valence-corrected chi connectivity index (χ0v) is 10.2. The van der Waals surface area contributed by atoms with Gasteiger partial charge in [0.05, 0.1) is 12.1 Å². The molecule has 0 saturated heterocycles. The fourth-order valence-corrected chi connectivity index (χ4v) is 1.90. The van der Waals surface area contributed by atoms with Gasteiger partial charge in [-0.1, -0.05) is 39.1 Å². The van der Waals surface area contributed by atoms with Crippen LogP contribution in [0.3, 0.4) is 0 Å². The Morgan fingerprint density at radius 3 is 2.62 bits per heavy atom. The third-order valence-corrected chi connectivity index (χ3v) is 2.84. The summed E-state index contributed by atoms with van der Waals surface area (Å²) in [4.78, 5) is 0. The first-order chi connectivity index (χ1) is 6.19. The van der Waals surface area contributed by atoms with Gasteiger partial charge in [0.15, 0.2) is 0 Å². The van der Waals surface area contributed by atoms with Gasteiger partial charge in [-0.2, -0.15) is 0 Å². The summed E-state index contributed by atoms with van der Waals surface area (Å²) in [7, 11) is 1.58. The molecule has 0 radical (unpaired) electrons. The first kappa shape index (κ1) is 11.2. The Morgan fingerprint density at radius 2 is 2.08 bits per heavy atom. The zero-order chi connectivity index (χ0) is 9.84. The van der Waals surface area contributed by atoms with Crippen LogP contribution in [0, 0.1) is 0 Å². The Bertz CT molecular complexity index is 302. The number of hydrogen-bond acceptors (Lipinski definition) is 1. The van der Waals surface area contributed by atoms with Gasteiger partial charge in [-0.3, -0.25) is 0 Å². The Hall–Kier alpha value is 0.0800. The lowest BCUT2D eigenvalue weighted by Crippen LogP contribution is -1.90. The Labute approximate surface area is 96.1 Å². The van der Waals surface area contributed by atoms with E-state index in [0.29, 0.717) is 15.8 Å². The second kappa shape index (κ2) is 5.08. The molecule has 4 heteroatoms. The van der Waals surface area contributed by atoms with E-state index in [1.807, 2.05) is 12.1 Å². The summed E-state index contributed by atoms with van der Waals surface area (Å²) >= 11 is 15.2. The van der Waals surface area contributed by atoms with Crippen molar-refractivity contribution in [3.63, 3.8) is 0 Å². The van der Waals surface area contributed by atoms with Crippen LogP contribution in [0.2, 0.25) is 10.0 Å². The van der Waals surface area contributed by atoms with Gasteiger partial charge in [0, 0.05) is 5.33 Å². The van der Waals surface area contributed by atoms with Gasteiger partial charge in [0.1, 0.15) is 10.8 Å². The highest BCUT2D eigenvalue weighted by molar-refractivity contribution is 9.09. The monoisotopic (exact) mass is 282 g/mol. The molecular weight excluding hydrogens is 275 g/mol. The van der Waals surface area contributed by atoms with Crippen molar-refractivity contribution in [3.05, 3.63) is 27.7 Å². The van der Waals surface area contributed by atoms with Crippen molar-refractivity contribution < 1.29 is 4.74 Å². The first-order valence-corrected chi connectivity index (χ1v) is 5.64. The van der Waals surface area contributed by atoms with Crippen molar-refractivity contribution in [1.82, 2.24) is 0 Å². The molecule has 0 amide bonds. The fraction of sp³-hybridized carbons (Fsp3) is 0.333. The van der Waals surface area contributed by atoms with E-state index < -0.39 is 0 Å². The SMILES string of the molecule is COc1cc(CCBr)cc(Cl)c1Cl. The third-order valence-electron chi connectivity index (χ3n) is 1.66. The van der Waals surface area contributed by atoms with Crippen LogP contribution in [0.4, 0.5) is 0 Å². The molecule has 0 aliphatic carbocycles. The number of benzene rings is 1. The number of halogens is 3. The van der Waals surface area contributed by atoms with E-state index in [9.17, 15) is 0 Å². The maximum Gasteiger partial charge on any atom is 0.139 e. The highest BCUT2D eigenvalue weighted by atomic mass is 79.9. The Balaban J connectivity index is 3.06. The van der Waals surface area contributed by atoms with Crippen molar-refractivity contribution in [3.8, 4) is 5.75 Å². The van der Waals surface area contributed by atoms with Gasteiger partial charge >= 0.3 is 0 Å². The maximum atomic E-state index is 5.91. The van der Waals surface area contributed by atoms with Gasteiger partial charge < -0.3 is 4.74 Å². The van der Waals surface area contributed by atoms with Crippen LogP contribution in [-0.4, -0.2) is 12.4 Å². The highest BCUT2D eigenvalue weighted by Gasteiger charge is 2.07. The Kier molecular flexibility index (Phi) is 4.36. The summed E-state index contributed by atoms with van der Waals surface area (Å²) < 4.78 is 5.08. The molecule has 1 aromatic rings. The molecule has 0 aliphatic rings. The minimum atomic E-state index is 0.475. The summed E-state index contributed by atoms with van der Waals surface area (Å²) in [6, 6.07) is 3.75. The molecule has 0 spiro atoms. The molecule has 0 heterocycles. The lowest BCUT2D eigenvalue weighted by atomic mass is 10.1. The van der Waals surface area contributed by atoms with Crippen molar-refractivity contribution in [1.29, 1.82) is 0 Å². The normalized spacial score (nSPS) is 10.2. The lowest BCUT2D eigenvalue weighted by Gasteiger charge is -2.07. The molecule has 0 saturated carbocycles. The molecule has 0 N–H and O–H groups in total. The standard InChI is InChI=1S/C9H9BrCl2O/c1-13-8-5-6(2-3-10)4-7(11)9(8)12/h4-5H,2-3H2,1H3. The number of rotatable bonds is 3. The fourth-order valence-electron chi connectivity index (χ4n) is 1.02. The van der Waals surface area contributed by atoms with Gasteiger partial charge in [-0.05, 0) is 24.1 Å². The lowest BCUT2D eigenvalue weighted by molar-refractivity contribution is 0.414. The number of aryl methyl sites for hydroxylation is 1. The second-order valence-electron chi connectivity index (χ2n) is 2.53. The van der Waals surface area contributed by atoms with E-state index in [1.54, 1.807) is 7.11 Å². The van der Waals surface area contributed by atoms with Crippen LogP contribution in [0.15, 0.2) is 12.1 Å². The molecule has 1 nitrogen and oxygen atoms in total. The average Bonchev–Trinajstić information content (AvgIpc) is 2.11. The van der Waals surface area contributed by atoms with Gasteiger partial charge in [-0.25, -0.2) is 0 Å². The molecule has 0 aromatic heterocycles. The van der Waals surface area contributed by atoms with Crippen molar-refractivity contribution in [2.75, 3.05) is 12.4 Å². The van der Waals surface area contributed by atoms with Gasteiger partial charge in [0.2, 0.25) is 0 Å². The minimum absolute atomic E-state index is 0.475. The number of hydrogen-bond donors (Lipinski definition) is 0. The summed E-state index contributed by atoms with van der Waals surface area (Å²) in [6.07, 6.45) is 0.910. The smallest absolute Gasteiger partial charge is 0.139 e. The molecule has 1 aromatic carbocycles. The number of ether oxygens (including phenoxy) is 1. The van der Waals surface area contributed by atoms with Gasteiger partial charge in [-0.15, -0.1) is 0 Å². The zero-order valence-electron chi connectivity index (χ0n) is 7.11. The molecular formula is C9H9BrCl2O. The number of methoxy groups -OCH3 is 1. The van der Waals surface area contributed by atoms with E-state index >= 15 is 0 Å². The molecule has 0 atom stereocenters. The largest absolute Gasteiger partial charge is 0.495 e. The van der Waals surface area contributed by atoms with Crippen LogP contribution in [0.25, 0.3) is 0 Å². The number of alkyl halides is 1. The predicted molar refractivity (Wildman–Crippen MR) is 60.5 cm³/mol. The Morgan fingerprint density at radius 1 is 1.38 bits per heavy atom. The molecule has 0 unspecified atom stereocenters. The van der Waals surface area contributed by atoms with Crippen LogP contribution in [-0.2, 0) is 6.42 Å². The highest BCUT2D eigenvalue weighted by Crippen LogP contribution is 2.33. The van der Waals surface area contributed by atoms with E-state index in [1.165, 1.54) is 0 Å².